The maximum atomic E-state index is 12.9. The Morgan fingerprint density at radius 2 is 1.85 bits per heavy atom. The summed E-state index contributed by atoms with van der Waals surface area (Å²) >= 11 is 0. The molecule has 0 bridgehead atoms. The monoisotopic (exact) mass is 396 g/mol. The van der Waals surface area contributed by atoms with Crippen LogP contribution in [0.5, 0.6) is 0 Å². The number of benzene rings is 1. The minimum atomic E-state index is -3.07. The second kappa shape index (κ2) is 8.29. The average molecular weight is 397 g/mol. The molecule has 1 fully saturated rings. The van der Waals surface area contributed by atoms with E-state index in [1.165, 1.54) is 0 Å². The van der Waals surface area contributed by atoms with Crippen molar-refractivity contribution in [1.82, 2.24) is 4.90 Å². The second-order valence-corrected chi connectivity index (χ2v) is 9.99. The molecule has 1 atom stereocenters. The summed E-state index contributed by atoms with van der Waals surface area (Å²) in [5.74, 6) is -0.0382. The maximum Gasteiger partial charge on any atom is 0.412 e. The molecule has 0 radical (unpaired) electrons. The highest BCUT2D eigenvalue weighted by Crippen LogP contribution is 2.21. The van der Waals surface area contributed by atoms with Crippen molar-refractivity contribution in [2.75, 3.05) is 23.4 Å². The van der Waals surface area contributed by atoms with Crippen LogP contribution in [0.4, 0.5) is 10.5 Å². The molecular weight excluding hydrogens is 368 g/mol. The van der Waals surface area contributed by atoms with Crippen LogP contribution in [0.15, 0.2) is 24.3 Å². The van der Waals surface area contributed by atoms with Gasteiger partial charge in [0.1, 0.15) is 5.60 Å². The number of carbonyl (C=O) groups excluding carboxylic acids is 2. The molecule has 1 aromatic rings. The molecule has 150 valence electrons. The van der Waals surface area contributed by atoms with Crippen LogP contribution in [-0.2, 0) is 14.6 Å². The fourth-order valence-corrected chi connectivity index (χ4v) is 4.73. The van der Waals surface area contributed by atoms with E-state index in [9.17, 15) is 18.0 Å². The van der Waals surface area contributed by atoms with Crippen molar-refractivity contribution < 1.29 is 22.7 Å². The largest absolute Gasteiger partial charge is 0.444 e. The van der Waals surface area contributed by atoms with Crippen LogP contribution in [0.1, 0.15) is 50.9 Å². The lowest BCUT2D eigenvalue weighted by molar-refractivity contribution is 0.0635. The molecule has 1 aliphatic heterocycles. The van der Waals surface area contributed by atoms with Crippen LogP contribution in [0.2, 0.25) is 0 Å². The number of hydrogen-bond donors (Lipinski definition) is 1. The zero-order chi connectivity index (χ0) is 20.2. The molecule has 1 heterocycles. The third-order valence-electron chi connectivity index (χ3n) is 4.15. The van der Waals surface area contributed by atoms with Crippen molar-refractivity contribution in [3.63, 3.8) is 0 Å². The Morgan fingerprint density at radius 3 is 2.33 bits per heavy atom. The summed E-state index contributed by atoms with van der Waals surface area (Å²) in [7, 11) is -3.07. The lowest BCUT2D eigenvalue weighted by atomic mass is 10.1. The first-order valence-electron chi connectivity index (χ1n) is 9.12. The Morgan fingerprint density at radius 1 is 1.22 bits per heavy atom. The number of carbonyl (C=O) groups is 2. The first-order valence-corrected chi connectivity index (χ1v) is 10.9. The van der Waals surface area contributed by atoms with E-state index < -0.39 is 21.5 Å². The van der Waals surface area contributed by atoms with Gasteiger partial charge in [0, 0.05) is 23.8 Å². The summed E-state index contributed by atoms with van der Waals surface area (Å²) < 4.78 is 28.7. The van der Waals surface area contributed by atoms with Gasteiger partial charge in [0.25, 0.3) is 5.91 Å². The number of hydrogen-bond acceptors (Lipinski definition) is 5. The minimum Gasteiger partial charge on any atom is -0.444 e. The quantitative estimate of drug-likeness (QED) is 0.826. The van der Waals surface area contributed by atoms with E-state index >= 15 is 0 Å². The number of nitrogens with one attached hydrogen (secondary N) is 1. The van der Waals surface area contributed by atoms with Crippen LogP contribution >= 0.6 is 0 Å². The molecule has 2 amide bonds. The van der Waals surface area contributed by atoms with Gasteiger partial charge < -0.3 is 9.64 Å². The highest BCUT2D eigenvalue weighted by Gasteiger charge is 2.34. The summed E-state index contributed by atoms with van der Waals surface area (Å²) in [6.07, 6.45) is 0.665. The standard InChI is InChI=1S/C19H28N2O5S/c1-5-11-21(16-10-12-27(24,25)13-16)17(22)14-6-8-15(9-7-14)20-18(23)26-19(2,3)4/h6-9,16H,5,10-13H2,1-4H3,(H,20,23). The third kappa shape index (κ3) is 6.23. The molecule has 0 spiro atoms. The lowest BCUT2D eigenvalue weighted by Crippen LogP contribution is -2.41. The van der Waals surface area contributed by atoms with Crippen LogP contribution in [0, 0.1) is 0 Å². The number of amides is 2. The van der Waals surface area contributed by atoms with Crippen molar-refractivity contribution in [3.8, 4) is 0 Å². The van der Waals surface area contributed by atoms with E-state index in [0.717, 1.165) is 6.42 Å². The molecule has 1 N–H and O–H groups in total. The van der Waals surface area contributed by atoms with Crippen molar-refractivity contribution in [3.05, 3.63) is 29.8 Å². The van der Waals surface area contributed by atoms with E-state index in [2.05, 4.69) is 5.32 Å². The topological polar surface area (TPSA) is 92.8 Å². The normalized spacial score (nSPS) is 18.7. The Balaban J connectivity index is 2.07. The Bertz CT molecular complexity index is 781. The molecule has 1 unspecified atom stereocenters. The van der Waals surface area contributed by atoms with E-state index in [4.69, 9.17) is 4.74 Å². The highest BCUT2D eigenvalue weighted by molar-refractivity contribution is 7.91. The predicted octanol–water partition coefficient (Wildman–Crippen LogP) is 3.07. The zero-order valence-electron chi connectivity index (χ0n) is 16.3. The summed E-state index contributed by atoms with van der Waals surface area (Å²) in [5.41, 5.74) is 0.385. The SMILES string of the molecule is CCCN(C(=O)c1ccc(NC(=O)OC(C)(C)C)cc1)C1CCS(=O)(=O)C1. The molecule has 0 saturated carbocycles. The number of nitrogens with zero attached hydrogens (tertiary/aromatic N) is 1. The molecule has 2 rings (SSSR count). The highest BCUT2D eigenvalue weighted by atomic mass is 32.2. The summed E-state index contributed by atoms with van der Waals surface area (Å²) in [6, 6.07) is 6.24. The van der Waals surface area contributed by atoms with Crippen molar-refractivity contribution >= 4 is 27.5 Å². The van der Waals surface area contributed by atoms with E-state index in [0.29, 0.717) is 24.2 Å². The van der Waals surface area contributed by atoms with Gasteiger partial charge in [-0.1, -0.05) is 6.92 Å². The zero-order valence-corrected chi connectivity index (χ0v) is 17.1. The molecular formula is C19H28N2O5S. The van der Waals surface area contributed by atoms with Gasteiger partial charge in [0.05, 0.1) is 11.5 Å². The second-order valence-electron chi connectivity index (χ2n) is 7.76. The van der Waals surface area contributed by atoms with Gasteiger partial charge >= 0.3 is 6.09 Å². The average Bonchev–Trinajstić information content (AvgIpc) is 2.90. The molecule has 27 heavy (non-hydrogen) atoms. The lowest BCUT2D eigenvalue weighted by Gasteiger charge is -2.28. The minimum absolute atomic E-state index is 0.0248. The Kier molecular flexibility index (Phi) is 6.51. The molecule has 0 aromatic heterocycles. The van der Waals surface area contributed by atoms with Gasteiger partial charge in [0.2, 0.25) is 0 Å². The molecule has 7 nitrogen and oxygen atoms in total. The summed E-state index contributed by atoms with van der Waals surface area (Å²) in [6.45, 7) is 7.80. The van der Waals surface area contributed by atoms with Gasteiger partial charge in [-0.15, -0.1) is 0 Å². The van der Waals surface area contributed by atoms with Gasteiger partial charge in [-0.05, 0) is 57.9 Å². The molecule has 1 aliphatic rings. The predicted molar refractivity (Wildman–Crippen MR) is 105 cm³/mol. The number of ether oxygens (including phenoxy) is 1. The molecule has 0 aliphatic carbocycles. The first-order chi connectivity index (χ1) is 12.5. The van der Waals surface area contributed by atoms with Gasteiger partial charge in [-0.3, -0.25) is 10.1 Å². The third-order valence-corrected chi connectivity index (χ3v) is 5.90. The Hall–Kier alpha value is -2.09. The van der Waals surface area contributed by atoms with Gasteiger partial charge in [-0.2, -0.15) is 0 Å². The van der Waals surface area contributed by atoms with E-state index in [1.807, 2.05) is 6.92 Å². The van der Waals surface area contributed by atoms with Crippen molar-refractivity contribution in [1.29, 1.82) is 0 Å². The van der Waals surface area contributed by atoms with Crippen molar-refractivity contribution in [2.45, 2.75) is 52.2 Å². The first kappa shape index (κ1) is 21.2. The molecule has 1 saturated heterocycles. The fourth-order valence-electron chi connectivity index (χ4n) is 3.00. The molecule has 1 aromatic carbocycles. The van der Waals surface area contributed by atoms with Gasteiger partial charge in [-0.25, -0.2) is 13.2 Å². The summed E-state index contributed by atoms with van der Waals surface area (Å²) in [5, 5.41) is 2.62. The molecule has 8 heteroatoms. The fraction of sp³-hybridized carbons (Fsp3) is 0.579. The van der Waals surface area contributed by atoms with Crippen molar-refractivity contribution in [2.24, 2.45) is 0 Å². The number of rotatable bonds is 5. The number of sulfone groups is 1. The van der Waals surface area contributed by atoms with Crippen LogP contribution in [0.3, 0.4) is 0 Å². The summed E-state index contributed by atoms with van der Waals surface area (Å²) in [4.78, 5) is 26.3. The van der Waals surface area contributed by atoms with Crippen LogP contribution in [0.25, 0.3) is 0 Å². The van der Waals surface area contributed by atoms with E-state index in [-0.39, 0.29) is 23.5 Å². The Labute approximate surface area is 161 Å². The van der Waals surface area contributed by atoms with Gasteiger partial charge in [0.15, 0.2) is 9.84 Å². The van der Waals surface area contributed by atoms with E-state index in [1.54, 1.807) is 49.9 Å². The number of anilines is 1. The maximum absolute atomic E-state index is 12.9. The van der Waals surface area contributed by atoms with Crippen LogP contribution in [-0.4, -0.2) is 55.0 Å². The smallest absolute Gasteiger partial charge is 0.412 e. The van der Waals surface area contributed by atoms with Crippen LogP contribution < -0.4 is 5.32 Å².